The highest BCUT2D eigenvalue weighted by molar-refractivity contribution is 7.98. The van der Waals surface area contributed by atoms with E-state index in [1.807, 2.05) is 23.6 Å². The molecule has 0 bridgehead atoms. The average Bonchev–Trinajstić information content (AvgIpc) is 2.69. The highest BCUT2D eigenvalue weighted by atomic mass is 32.2. The van der Waals surface area contributed by atoms with Gasteiger partial charge in [-0.15, -0.1) is 23.1 Å². The molecule has 1 aliphatic heterocycles. The van der Waals surface area contributed by atoms with Crippen molar-refractivity contribution in [2.45, 2.75) is 10.6 Å². The summed E-state index contributed by atoms with van der Waals surface area (Å²) in [5.41, 5.74) is 8.36. The van der Waals surface area contributed by atoms with Crippen molar-refractivity contribution in [1.29, 1.82) is 0 Å². The Morgan fingerprint density at radius 3 is 3.00 bits per heavy atom. The average molecular weight is 247 g/mol. The highest BCUT2D eigenvalue weighted by Gasteiger charge is 2.22. The van der Waals surface area contributed by atoms with Crippen LogP contribution in [0.4, 0.5) is 5.69 Å². The number of ketones is 1. The molecule has 1 aliphatic rings. The molecule has 0 radical (unpaired) electrons. The van der Waals surface area contributed by atoms with Crippen LogP contribution >= 0.6 is 23.1 Å². The van der Waals surface area contributed by atoms with Gasteiger partial charge in [0.1, 0.15) is 0 Å². The summed E-state index contributed by atoms with van der Waals surface area (Å²) >= 11 is 3.20. The second kappa shape index (κ2) is 3.64. The van der Waals surface area contributed by atoms with Gasteiger partial charge in [-0.2, -0.15) is 0 Å². The molecule has 0 saturated heterocycles. The minimum Gasteiger partial charge on any atom is -0.399 e. The Morgan fingerprint density at radius 1 is 1.25 bits per heavy atom. The zero-order valence-corrected chi connectivity index (χ0v) is 10.0. The minimum absolute atomic E-state index is 0.130. The summed E-state index contributed by atoms with van der Waals surface area (Å²) in [7, 11) is 0. The van der Waals surface area contributed by atoms with E-state index in [0.29, 0.717) is 5.69 Å². The van der Waals surface area contributed by atoms with Crippen molar-refractivity contribution in [3.8, 4) is 0 Å². The van der Waals surface area contributed by atoms with Crippen molar-refractivity contribution in [3.63, 3.8) is 0 Å². The molecule has 1 aromatic carbocycles. The molecule has 0 aliphatic carbocycles. The second-order valence-electron chi connectivity index (χ2n) is 3.65. The Balaban J connectivity index is 2.20. The third-order valence-electron chi connectivity index (χ3n) is 2.59. The maximum absolute atomic E-state index is 12.3. The van der Waals surface area contributed by atoms with Gasteiger partial charge in [-0.25, -0.2) is 0 Å². The first-order valence-electron chi connectivity index (χ1n) is 4.89. The molecule has 4 heteroatoms. The van der Waals surface area contributed by atoms with Crippen molar-refractivity contribution in [3.05, 3.63) is 45.6 Å². The van der Waals surface area contributed by atoms with Crippen LogP contribution in [-0.2, 0) is 5.75 Å². The fourth-order valence-electron chi connectivity index (χ4n) is 1.77. The molecule has 0 spiro atoms. The molecule has 2 heterocycles. The summed E-state index contributed by atoms with van der Waals surface area (Å²) in [4.78, 5) is 14.1. The predicted molar refractivity (Wildman–Crippen MR) is 68.2 cm³/mol. The second-order valence-corrected chi connectivity index (χ2v) is 5.58. The number of thioether (sulfide) groups is 1. The van der Waals surface area contributed by atoms with Crippen molar-refractivity contribution in [1.82, 2.24) is 0 Å². The third-order valence-corrected chi connectivity index (χ3v) is 4.65. The topological polar surface area (TPSA) is 43.1 Å². The monoisotopic (exact) mass is 247 g/mol. The van der Waals surface area contributed by atoms with Crippen molar-refractivity contribution < 1.29 is 4.79 Å². The number of hydrogen-bond acceptors (Lipinski definition) is 4. The Morgan fingerprint density at radius 2 is 2.12 bits per heavy atom. The first-order valence-corrected chi connectivity index (χ1v) is 6.75. The number of thiophene rings is 1. The van der Waals surface area contributed by atoms with Gasteiger partial charge in [-0.1, -0.05) is 0 Å². The Labute approximate surface area is 101 Å². The largest absolute Gasteiger partial charge is 0.399 e. The molecule has 16 heavy (non-hydrogen) atoms. The molecule has 2 aromatic rings. The lowest BCUT2D eigenvalue weighted by molar-refractivity contribution is 0.103. The lowest BCUT2D eigenvalue weighted by Crippen LogP contribution is -2.01. The molecule has 80 valence electrons. The maximum Gasteiger partial charge on any atom is 0.204 e. The number of carbonyl (C=O) groups is 1. The number of rotatable bonds is 0. The molecule has 2 N–H and O–H groups in total. The van der Waals surface area contributed by atoms with E-state index in [4.69, 9.17) is 5.73 Å². The van der Waals surface area contributed by atoms with Gasteiger partial charge in [0.15, 0.2) is 0 Å². The number of hydrogen-bond donors (Lipinski definition) is 1. The Kier molecular flexibility index (Phi) is 2.26. The van der Waals surface area contributed by atoms with Gasteiger partial charge in [0, 0.05) is 21.9 Å². The molecular formula is C12H9NOS2. The summed E-state index contributed by atoms with van der Waals surface area (Å²) < 4.78 is 0. The molecule has 0 unspecified atom stereocenters. The van der Waals surface area contributed by atoms with Gasteiger partial charge in [-0.3, -0.25) is 4.79 Å². The minimum atomic E-state index is 0.130. The molecule has 0 atom stereocenters. The smallest absolute Gasteiger partial charge is 0.204 e. The van der Waals surface area contributed by atoms with Crippen molar-refractivity contribution in [2.75, 3.05) is 5.73 Å². The van der Waals surface area contributed by atoms with Crippen LogP contribution in [-0.4, -0.2) is 5.78 Å². The van der Waals surface area contributed by atoms with E-state index in [-0.39, 0.29) is 5.78 Å². The first-order chi connectivity index (χ1) is 7.75. The van der Waals surface area contributed by atoms with E-state index in [0.717, 1.165) is 26.7 Å². The summed E-state index contributed by atoms with van der Waals surface area (Å²) in [5, 5.41) is 1.98. The van der Waals surface area contributed by atoms with Gasteiger partial charge in [-0.05, 0) is 35.2 Å². The number of nitrogens with two attached hydrogens (primary N) is 1. The van der Waals surface area contributed by atoms with Gasteiger partial charge in [0.25, 0.3) is 0 Å². The van der Waals surface area contributed by atoms with Crippen LogP contribution in [0.2, 0.25) is 0 Å². The zero-order valence-electron chi connectivity index (χ0n) is 8.40. The third kappa shape index (κ3) is 1.45. The van der Waals surface area contributed by atoms with Crippen LogP contribution < -0.4 is 5.73 Å². The number of carbonyl (C=O) groups excluding carboxylic acids is 1. The zero-order chi connectivity index (χ0) is 11.1. The van der Waals surface area contributed by atoms with E-state index in [1.165, 1.54) is 11.3 Å². The molecule has 0 saturated carbocycles. The number of fused-ring (bicyclic) bond motifs is 2. The van der Waals surface area contributed by atoms with Gasteiger partial charge in [0.05, 0.1) is 4.88 Å². The SMILES string of the molecule is Nc1ccc2c(c1)SCc1ccsc1C2=O. The van der Waals surface area contributed by atoms with Gasteiger partial charge < -0.3 is 5.73 Å². The number of nitrogen functional groups attached to an aromatic ring is 1. The van der Waals surface area contributed by atoms with E-state index >= 15 is 0 Å². The predicted octanol–water partition coefficient (Wildman–Crippen LogP) is 3.17. The lowest BCUT2D eigenvalue weighted by Gasteiger charge is -2.04. The number of anilines is 1. The standard InChI is InChI=1S/C12H9NOS2/c13-8-1-2-9-10(5-8)16-6-7-3-4-15-12(7)11(9)14/h1-5H,6,13H2. The molecule has 2 nitrogen and oxygen atoms in total. The van der Waals surface area contributed by atoms with E-state index in [9.17, 15) is 4.79 Å². The quantitative estimate of drug-likeness (QED) is 0.727. The lowest BCUT2D eigenvalue weighted by atomic mass is 10.1. The van der Waals surface area contributed by atoms with Gasteiger partial charge in [0.2, 0.25) is 5.78 Å². The maximum atomic E-state index is 12.3. The van der Waals surface area contributed by atoms with E-state index in [1.54, 1.807) is 17.8 Å². The van der Waals surface area contributed by atoms with Crippen LogP contribution in [0.25, 0.3) is 0 Å². The van der Waals surface area contributed by atoms with Crippen LogP contribution in [0.1, 0.15) is 20.8 Å². The molecule has 0 fully saturated rings. The number of benzene rings is 1. The highest BCUT2D eigenvalue weighted by Crippen LogP contribution is 2.36. The summed E-state index contributed by atoms with van der Waals surface area (Å²) in [6, 6.07) is 7.53. The summed E-state index contributed by atoms with van der Waals surface area (Å²) in [6.07, 6.45) is 0. The Hall–Kier alpha value is -1.26. The normalized spacial score (nSPS) is 14.1. The van der Waals surface area contributed by atoms with Gasteiger partial charge >= 0.3 is 0 Å². The molecule has 1 aromatic heterocycles. The molecular weight excluding hydrogens is 238 g/mol. The summed E-state index contributed by atoms with van der Waals surface area (Å²) in [6.45, 7) is 0. The van der Waals surface area contributed by atoms with Crippen LogP contribution in [0.5, 0.6) is 0 Å². The fourth-order valence-corrected chi connectivity index (χ4v) is 3.83. The fraction of sp³-hybridized carbons (Fsp3) is 0.0833. The van der Waals surface area contributed by atoms with Crippen LogP contribution in [0.3, 0.4) is 0 Å². The Bertz CT molecular complexity index is 574. The first kappa shape index (κ1) is 9.93. The van der Waals surface area contributed by atoms with Crippen molar-refractivity contribution >= 4 is 34.6 Å². The van der Waals surface area contributed by atoms with E-state index < -0.39 is 0 Å². The van der Waals surface area contributed by atoms with Crippen LogP contribution in [0, 0.1) is 0 Å². The van der Waals surface area contributed by atoms with Crippen molar-refractivity contribution in [2.24, 2.45) is 0 Å². The van der Waals surface area contributed by atoms with E-state index in [2.05, 4.69) is 0 Å². The molecule has 0 amide bonds. The summed E-state index contributed by atoms with van der Waals surface area (Å²) in [5.74, 6) is 0.978. The van der Waals surface area contributed by atoms with Crippen LogP contribution in [0.15, 0.2) is 34.5 Å². The molecule has 3 rings (SSSR count).